The summed E-state index contributed by atoms with van der Waals surface area (Å²) in [7, 11) is 0. The van der Waals surface area contributed by atoms with Crippen LogP contribution in [0.2, 0.25) is 0 Å². The number of fused-ring (bicyclic) bond motifs is 1. The molecule has 1 aromatic carbocycles. The summed E-state index contributed by atoms with van der Waals surface area (Å²) in [6, 6.07) is 9.60. The third-order valence-electron chi connectivity index (χ3n) is 4.33. The molecule has 2 aromatic heterocycles. The van der Waals surface area contributed by atoms with Crippen LogP contribution in [0.3, 0.4) is 0 Å². The number of carbonyl (C=O) groups excluding carboxylic acids is 1. The first-order chi connectivity index (χ1) is 12.0. The number of nitrogens with one attached hydrogen (secondary N) is 1. The Morgan fingerprint density at radius 3 is 2.76 bits per heavy atom. The van der Waals surface area contributed by atoms with Crippen LogP contribution in [0.5, 0.6) is 0 Å². The van der Waals surface area contributed by atoms with Gasteiger partial charge in [0, 0.05) is 29.4 Å². The molecule has 1 amide bonds. The standard InChI is InChI=1S/C20H24N4O/c1-13(2)12-24-15(4)17(14(3)23-24)11-20(25)22-19-9-5-8-18-16(19)7-6-10-21-18/h5-10,13H,11-12H2,1-4H3,(H,22,25). The van der Waals surface area contributed by atoms with Crippen molar-refractivity contribution in [2.24, 2.45) is 5.92 Å². The molecule has 0 radical (unpaired) electrons. The molecule has 0 spiro atoms. The Kier molecular flexibility index (Phi) is 4.83. The molecule has 130 valence electrons. The molecule has 0 atom stereocenters. The first-order valence-corrected chi connectivity index (χ1v) is 8.62. The van der Waals surface area contributed by atoms with Gasteiger partial charge in [0.2, 0.25) is 5.91 Å². The maximum Gasteiger partial charge on any atom is 0.228 e. The number of hydrogen-bond acceptors (Lipinski definition) is 3. The summed E-state index contributed by atoms with van der Waals surface area (Å²) in [5.41, 5.74) is 4.67. The first kappa shape index (κ1) is 17.1. The molecule has 0 fully saturated rings. The van der Waals surface area contributed by atoms with E-state index >= 15 is 0 Å². The molecular weight excluding hydrogens is 312 g/mol. The van der Waals surface area contributed by atoms with Crippen molar-refractivity contribution in [1.82, 2.24) is 14.8 Å². The van der Waals surface area contributed by atoms with E-state index in [1.54, 1.807) is 6.20 Å². The molecule has 1 N–H and O–H groups in total. The summed E-state index contributed by atoms with van der Waals surface area (Å²) in [6.45, 7) is 9.19. The van der Waals surface area contributed by atoms with Crippen molar-refractivity contribution < 1.29 is 4.79 Å². The van der Waals surface area contributed by atoms with Gasteiger partial charge in [0.15, 0.2) is 0 Å². The van der Waals surface area contributed by atoms with Gasteiger partial charge in [-0.15, -0.1) is 0 Å². The highest BCUT2D eigenvalue weighted by atomic mass is 16.1. The van der Waals surface area contributed by atoms with E-state index in [9.17, 15) is 4.79 Å². The van der Waals surface area contributed by atoms with Crippen LogP contribution in [0.15, 0.2) is 36.5 Å². The number of amides is 1. The molecule has 0 aliphatic heterocycles. The molecule has 25 heavy (non-hydrogen) atoms. The zero-order valence-corrected chi connectivity index (χ0v) is 15.2. The molecule has 0 saturated heterocycles. The van der Waals surface area contributed by atoms with Gasteiger partial charge in [0.05, 0.1) is 23.3 Å². The minimum atomic E-state index is -0.0355. The predicted molar refractivity (Wildman–Crippen MR) is 101 cm³/mol. The number of anilines is 1. The fraction of sp³-hybridized carbons (Fsp3) is 0.350. The summed E-state index contributed by atoms with van der Waals surface area (Å²) < 4.78 is 2.00. The zero-order valence-electron chi connectivity index (χ0n) is 15.2. The maximum atomic E-state index is 12.6. The van der Waals surface area contributed by atoms with Crippen molar-refractivity contribution in [3.63, 3.8) is 0 Å². The minimum absolute atomic E-state index is 0.0355. The van der Waals surface area contributed by atoms with Crippen LogP contribution in [0.4, 0.5) is 5.69 Å². The summed E-state index contributed by atoms with van der Waals surface area (Å²) >= 11 is 0. The van der Waals surface area contributed by atoms with Gasteiger partial charge in [-0.3, -0.25) is 14.5 Å². The second kappa shape index (κ2) is 7.05. The first-order valence-electron chi connectivity index (χ1n) is 8.62. The number of pyridine rings is 1. The molecule has 0 aliphatic rings. The van der Waals surface area contributed by atoms with E-state index < -0.39 is 0 Å². The second-order valence-corrected chi connectivity index (χ2v) is 6.83. The Balaban J connectivity index is 1.80. The highest BCUT2D eigenvalue weighted by Gasteiger charge is 2.16. The smallest absolute Gasteiger partial charge is 0.228 e. The minimum Gasteiger partial charge on any atom is -0.325 e. The van der Waals surface area contributed by atoms with Crippen molar-refractivity contribution in [1.29, 1.82) is 0 Å². The van der Waals surface area contributed by atoms with Crippen LogP contribution < -0.4 is 5.32 Å². The lowest BCUT2D eigenvalue weighted by Crippen LogP contribution is -2.16. The maximum absolute atomic E-state index is 12.6. The topological polar surface area (TPSA) is 59.8 Å². The molecule has 3 rings (SSSR count). The van der Waals surface area contributed by atoms with Gasteiger partial charge < -0.3 is 5.32 Å². The highest BCUT2D eigenvalue weighted by Crippen LogP contribution is 2.22. The Morgan fingerprint density at radius 1 is 1.20 bits per heavy atom. The Morgan fingerprint density at radius 2 is 2.00 bits per heavy atom. The lowest BCUT2D eigenvalue weighted by atomic mass is 10.1. The number of aryl methyl sites for hydroxylation is 1. The summed E-state index contributed by atoms with van der Waals surface area (Å²) in [5, 5.41) is 8.56. The number of benzene rings is 1. The van der Waals surface area contributed by atoms with Gasteiger partial charge in [0.1, 0.15) is 0 Å². The normalized spacial score (nSPS) is 11.2. The quantitative estimate of drug-likeness (QED) is 0.769. The Bertz CT molecular complexity index is 906. The van der Waals surface area contributed by atoms with E-state index in [0.717, 1.165) is 40.1 Å². The van der Waals surface area contributed by atoms with Gasteiger partial charge in [-0.1, -0.05) is 19.9 Å². The lowest BCUT2D eigenvalue weighted by Gasteiger charge is -2.09. The van der Waals surface area contributed by atoms with Crippen molar-refractivity contribution in [2.75, 3.05) is 5.32 Å². The van der Waals surface area contributed by atoms with E-state index in [0.29, 0.717) is 12.3 Å². The third kappa shape index (κ3) is 3.71. The van der Waals surface area contributed by atoms with Crippen LogP contribution in [0.1, 0.15) is 30.8 Å². The monoisotopic (exact) mass is 336 g/mol. The summed E-state index contributed by atoms with van der Waals surface area (Å²) in [6.07, 6.45) is 2.08. The largest absolute Gasteiger partial charge is 0.325 e. The van der Waals surface area contributed by atoms with E-state index in [4.69, 9.17) is 0 Å². The SMILES string of the molecule is Cc1nn(CC(C)C)c(C)c1CC(=O)Nc1cccc2ncccc12. The van der Waals surface area contributed by atoms with Crippen LogP contribution in [-0.2, 0) is 17.8 Å². The number of nitrogens with zero attached hydrogens (tertiary/aromatic N) is 3. The molecule has 5 heteroatoms. The number of hydrogen-bond donors (Lipinski definition) is 1. The average Bonchev–Trinajstić information content (AvgIpc) is 2.82. The van der Waals surface area contributed by atoms with Gasteiger partial charge in [-0.2, -0.15) is 5.10 Å². The highest BCUT2D eigenvalue weighted by molar-refractivity contribution is 6.01. The van der Waals surface area contributed by atoms with E-state index in [1.807, 2.05) is 48.9 Å². The zero-order chi connectivity index (χ0) is 18.0. The second-order valence-electron chi connectivity index (χ2n) is 6.83. The fourth-order valence-electron chi connectivity index (χ4n) is 3.08. The number of rotatable bonds is 5. The van der Waals surface area contributed by atoms with Crippen LogP contribution >= 0.6 is 0 Å². The fourth-order valence-corrected chi connectivity index (χ4v) is 3.08. The summed E-state index contributed by atoms with van der Waals surface area (Å²) in [5.74, 6) is 0.481. The van der Waals surface area contributed by atoms with Crippen molar-refractivity contribution >= 4 is 22.5 Å². The molecular formula is C20H24N4O. The van der Waals surface area contributed by atoms with E-state index in [2.05, 4.69) is 29.2 Å². The van der Waals surface area contributed by atoms with E-state index in [1.165, 1.54) is 0 Å². The van der Waals surface area contributed by atoms with Gasteiger partial charge >= 0.3 is 0 Å². The van der Waals surface area contributed by atoms with Crippen LogP contribution in [0, 0.1) is 19.8 Å². The average molecular weight is 336 g/mol. The molecule has 0 bridgehead atoms. The van der Waals surface area contributed by atoms with Crippen molar-refractivity contribution in [2.45, 2.75) is 40.7 Å². The predicted octanol–water partition coefficient (Wildman–Crippen LogP) is 3.89. The Hall–Kier alpha value is -2.69. The van der Waals surface area contributed by atoms with Crippen LogP contribution in [0.25, 0.3) is 10.9 Å². The molecule has 0 aliphatic carbocycles. The lowest BCUT2D eigenvalue weighted by molar-refractivity contribution is -0.115. The van der Waals surface area contributed by atoms with Gasteiger partial charge in [-0.25, -0.2) is 0 Å². The molecule has 5 nitrogen and oxygen atoms in total. The van der Waals surface area contributed by atoms with Crippen LogP contribution in [-0.4, -0.2) is 20.7 Å². The summed E-state index contributed by atoms with van der Waals surface area (Å²) in [4.78, 5) is 16.9. The molecule has 0 saturated carbocycles. The van der Waals surface area contributed by atoms with Crippen molar-refractivity contribution in [3.8, 4) is 0 Å². The van der Waals surface area contributed by atoms with Gasteiger partial charge in [-0.05, 0) is 44.0 Å². The van der Waals surface area contributed by atoms with Crippen molar-refractivity contribution in [3.05, 3.63) is 53.5 Å². The Labute approximate surface area is 148 Å². The molecule has 2 heterocycles. The third-order valence-corrected chi connectivity index (χ3v) is 4.33. The number of carbonyl (C=O) groups is 1. The number of aromatic nitrogens is 3. The molecule has 0 unspecified atom stereocenters. The van der Waals surface area contributed by atoms with Gasteiger partial charge in [0.25, 0.3) is 0 Å². The molecule has 3 aromatic rings. The van der Waals surface area contributed by atoms with E-state index in [-0.39, 0.29) is 5.91 Å².